The first-order valence-corrected chi connectivity index (χ1v) is 8.27. The van der Waals surface area contributed by atoms with E-state index >= 15 is 0 Å². The molecule has 0 aliphatic carbocycles. The van der Waals surface area contributed by atoms with Crippen molar-refractivity contribution in [1.29, 1.82) is 0 Å². The number of nitrogens with zero attached hydrogens (tertiary/aromatic N) is 5. The molecule has 0 atom stereocenters. The minimum Gasteiger partial charge on any atom is -0.454 e. The predicted molar refractivity (Wildman–Crippen MR) is 95.9 cm³/mol. The molecular formula is C16H17N7O5. The molecule has 0 fully saturated rings. The summed E-state index contributed by atoms with van der Waals surface area (Å²) in [5.74, 6) is -0.580. The van der Waals surface area contributed by atoms with E-state index in [0.717, 1.165) is 6.20 Å². The maximum atomic E-state index is 12.4. The first-order chi connectivity index (χ1) is 13.4. The lowest BCUT2D eigenvalue weighted by atomic mass is 10.3. The van der Waals surface area contributed by atoms with Gasteiger partial charge in [0, 0.05) is 19.8 Å². The summed E-state index contributed by atoms with van der Waals surface area (Å²) < 4.78 is 8.33. The fourth-order valence-corrected chi connectivity index (χ4v) is 2.42. The monoisotopic (exact) mass is 387 g/mol. The van der Waals surface area contributed by atoms with Gasteiger partial charge in [0.1, 0.15) is 18.2 Å². The van der Waals surface area contributed by atoms with E-state index in [1.54, 1.807) is 12.3 Å². The van der Waals surface area contributed by atoms with Crippen LogP contribution >= 0.6 is 0 Å². The van der Waals surface area contributed by atoms with Crippen molar-refractivity contribution in [3.63, 3.8) is 0 Å². The van der Waals surface area contributed by atoms with Gasteiger partial charge in [0.2, 0.25) is 0 Å². The Morgan fingerprint density at radius 1 is 1.25 bits per heavy atom. The topological polar surface area (TPSA) is 150 Å². The lowest BCUT2D eigenvalue weighted by Crippen LogP contribution is -2.21. The quantitative estimate of drug-likeness (QED) is 0.457. The van der Waals surface area contributed by atoms with Crippen molar-refractivity contribution in [1.82, 2.24) is 24.9 Å². The molecule has 0 spiro atoms. The molecule has 0 bridgehead atoms. The third kappa shape index (κ3) is 3.90. The van der Waals surface area contributed by atoms with Gasteiger partial charge in [-0.05, 0) is 19.1 Å². The zero-order valence-corrected chi connectivity index (χ0v) is 15.1. The van der Waals surface area contributed by atoms with Gasteiger partial charge in [0.15, 0.2) is 11.5 Å². The minimum atomic E-state index is -0.557. The highest BCUT2D eigenvalue weighted by molar-refractivity contribution is 6.06. The molecule has 28 heavy (non-hydrogen) atoms. The second-order valence-corrected chi connectivity index (χ2v) is 5.70. The van der Waals surface area contributed by atoms with Gasteiger partial charge in [-0.25, -0.2) is 0 Å². The number of nitrogens with one attached hydrogen (secondary N) is 2. The van der Waals surface area contributed by atoms with Crippen LogP contribution in [0.1, 0.15) is 33.7 Å². The van der Waals surface area contributed by atoms with E-state index in [2.05, 4.69) is 20.8 Å². The first kappa shape index (κ1) is 18.8. The van der Waals surface area contributed by atoms with E-state index in [1.807, 2.05) is 6.92 Å². The summed E-state index contributed by atoms with van der Waals surface area (Å²) in [5.41, 5.74) is 0.208. The average molecular weight is 387 g/mol. The van der Waals surface area contributed by atoms with E-state index in [-0.39, 0.29) is 29.4 Å². The van der Waals surface area contributed by atoms with Crippen LogP contribution in [0.15, 0.2) is 35.1 Å². The summed E-state index contributed by atoms with van der Waals surface area (Å²) in [6.45, 7) is 2.50. The fraction of sp³-hybridized carbons (Fsp3) is 0.250. The Balaban J connectivity index is 1.73. The van der Waals surface area contributed by atoms with Crippen molar-refractivity contribution in [3.05, 3.63) is 58.1 Å². The van der Waals surface area contributed by atoms with Gasteiger partial charge in [-0.2, -0.15) is 10.2 Å². The number of furan rings is 1. The Bertz CT molecular complexity index is 1030. The van der Waals surface area contributed by atoms with Crippen LogP contribution < -0.4 is 10.6 Å². The molecule has 0 radical (unpaired) electrons. The van der Waals surface area contributed by atoms with Gasteiger partial charge in [0.05, 0.1) is 17.2 Å². The second kappa shape index (κ2) is 7.73. The third-order valence-electron chi connectivity index (χ3n) is 3.81. The van der Waals surface area contributed by atoms with Crippen LogP contribution in [0.2, 0.25) is 0 Å². The van der Waals surface area contributed by atoms with E-state index in [4.69, 9.17) is 4.42 Å². The van der Waals surface area contributed by atoms with E-state index in [9.17, 15) is 19.7 Å². The fourth-order valence-electron chi connectivity index (χ4n) is 2.42. The highest BCUT2D eigenvalue weighted by Crippen LogP contribution is 2.17. The number of rotatable bonds is 7. The van der Waals surface area contributed by atoms with Crippen LogP contribution in [0, 0.1) is 10.1 Å². The van der Waals surface area contributed by atoms with E-state index in [0.29, 0.717) is 12.3 Å². The second-order valence-electron chi connectivity index (χ2n) is 5.70. The lowest BCUT2D eigenvalue weighted by molar-refractivity contribution is -0.385. The number of aromatic nitrogens is 4. The SMILES string of the molecule is CCn1cc(NC(=O)c2ccc(Cn3cc([N+](=O)[O-])cn3)o2)c(C(=O)NC)n1. The zero-order valence-electron chi connectivity index (χ0n) is 15.1. The molecule has 0 aliphatic rings. The molecule has 0 saturated heterocycles. The van der Waals surface area contributed by atoms with Crippen LogP contribution in [0.4, 0.5) is 11.4 Å². The number of carbonyl (C=O) groups is 2. The number of hydrogen-bond acceptors (Lipinski definition) is 7. The number of nitro groups is 1. The van der Waals surface area contributed by atoms with Gasteiger partial charge >= 0.3 is 5.69 Å². The molecule has 12 heteroatoms. The summed E-state index contributed by atoms with van der Waals surface area (Å²) >= 11 is 0. The minimum absolute atomic E-state index is 0.0174. The smallest absolute Gasteiger partial charge is 0.307 e. The largest absolute Gasteiger partial charge is 0.454 e. The van der Waals surface area contributed by atoms with Gasteiger partial charge in [0.25, 0.3) is 11.8 Å². The maximum absolute atomic E-state index is 12.4. The molecule has 2 amide bonds. The van der Waals surface area contributed by atoms with Gasteiger partial charge in [-0.1, -0.05) is 0 Å². The van der Waals surface area contributed by atoms with Gasteiger partial charge in [-0.3, -0.25) is 29.1 Å². The van der Waals surface area contributed by atoms with Crippen LogP contribution in [0.25, 0.3) is 0 Å². The van der Waals surface area contributed by atoms with Crippen molar-refractivity contribution in [3.8, 4) is 0 Å². The number of amides is 2. The molecular weight excluding hydrogens is 370 g/mol. The molecule has 0 saturated carbocycles. The Morgan fingerprint density at radius 2 is 2.04 bits per heavy atom. The Hall–Kier alpha value is -3.96. The van der Waals surface area contributed by atoms with Crippen LogP contribution in [0.3, 0.4) is 0 Å². The molecule has 3 aromatic rings. The van der Waals surface area contributed by atoms with Gasteiger partial charge in [-0.15, -0.1) is 0 Å². The lowest BCUT2D eigenvalue weighted by Gasteiger charge is -2.02. The Kier molecular flexibility index (Phi) is 5.20. The van der Waals surface area contributed by atoms with Crippen molar-refractivity contribution >= 4 is 23.2 Å². The number of carbonyl (C=O) groups excluding carboxylic acids is 2. The molecule has 2 N–H and O–H groups in total. The zero-order chi connectivity index (χ0) is 20.3. The highest BCUT2D eigenvalue weighted by atomic mass is 16.6. The van der Waals surface area contributed by atoms with E-state index in [1.165, 1.54) is 28.7 Å². The summed E-state index contributed by atoms with van der Waals surface area (Å²) in [6, 6.07) is 3.03. The number of hydrogen-bond donors (Lipinski definition) is 2. The molecule has 146 valence electrons. The molecule has 0 aliphatic heterocycles. The van der Waals surface area contributed by atoms with Crippen LogP contribution in [-0.4, -0.2) is 43.3 Å². The van der Waals surface area contributed by atoms with Crippen LogP contribution in [0.5, 0.6) is 0 Å². The normalized spacial score (nSPS) is 10.6. The predicted octanol–water partition coefficient (Wildman–Crippen LogP) is 1.26. The van der Waals surface area contributed by atoms with Crippen LogP contribution in [-0.2, 0) is 13.1 Å². The van der Waals surface area contributed by atoms with Crippen molar-refractivity contribution < 1.29 is 18.9 Å². The van der Waals surface area contributed by atoms with Crippen molar-refractivity contribution in [2.75, 3.05) is 12.4 Å². The summed E-state index contributed by atoms with van der Waals surface area (Å²) in [6.07, 6.45) is 3.94. The Morgan fingerprint density at radius 3 is 2.68 bits per heavy atom. The van der Waals surface area contributed by atoms with E-state index < -0.39 is 16.7 Å². The summed E-state index contributed by atoms with van der Waals surface area (Å²) in [4.78, 5) is 34.5. The molecule has 3 rings (SSSR count). The molecule has 0 unspecified atom stereocenters. The number of aryl methyl sites for hydroxylation is 1. The molecule has 0 aromatic carbocycles. The highest BCUT2D eigenvalue weighted by Gasteiger charge is 2.20. The number of anilines is 1. The van der Waals surface area contributed by atoms with Crippen molar-refractivity contribution in [2.24, 2.45) is 0 Å². The van der Waals surface area contributed by atoms with Crippen molar-refractivity contribution in [2.45, 2.75) is 20.0 Å². The molecule has 3 aromatic heterocycles. The maximum Gasteiger partial charge on any atom is 0.307 e. The first-order valence-electron chi connectivity index (χ1n) is 8.27. The third-order valence-corrected chi connectivity index (χ3v) is 3.81. The van der Waals surface area contributed by atoms with Gasteiger partial charge < -0.3 is 15.1 Å². The summed E-state index contributed by atoms with van der Waals surface area (Å²) in [7, 11) is 1.47. The standard InChI is InChI=1S/C16H17N7O5/c1-3-21-9-12(14(20-21)16(25)17-2)19-15(24)13-5-4-11(28-13)8-22-7-10(6-18-22)23(26)27/h4-7,9H,3,8H2,1-2H3,(H,17,25)(H,19,24). The summed E-state index contributed by atoms with van der Waals surface area (Å²) in [5, 5.41) is 23.7. The average Bonchev–Trinajstić information content (AvgIpc) is 3.41. The molecule has 12 nitrogen and oxygen atoms in total. The molecule has 3 heterocycles. The Labute approximate surface area is 158 Å².